The van der Waals surface area contributed by atoms with E-state index in [1.165, 1.54) is 18.2 Å². The summed E-state index contributed by atoms with van der Waals surface area (Å²) >= 11 is 12.3. The van der Waals surface area contributed by atoms with Crippen LogP contribution in [0, 0.1) is 17.8 Å². The molecule has 176 valence electrons. The van der Waals surface area contributed by atoms with Gasteiger partial charge >= 0.3 is 0 Å². The minimum atomic E-state index is -1.09. The molecule has 1 fully saturated rings. The second-order valence-corrected chi connectivity index (χ2v) is 9.42. The Morgan fingerprint density at radius 2 is 1.79 bits per heavy atom. The summed E-state index contributed by atoms with van der Waals surface area (Å²) in [6, 6.07) is 11.8. The van der Waals surface area contributed by atoms with Crippen molar-refractivity contribution < 1.29 is 19.2 Å². The van der Waals surface area contributed by atoms with E-state index in [-0.39, 0.29) is 28.7 Å². The number of halogens is 2. The lowest BCUT2D eigenvalue weighted by atomic mass is 9.78. The molecule has 8 heteroatoms. The summed E-state index contributed by atoms with van der Waals surface area (Å²) in [5.74, 6) is -3.37. The Hall–Kier alpha value is -2.96. The number of ketones is 1. The number of benzene rings is 2. The lowest BCUT2D eigenvalue weighted by molar-refractivity contribution is -0.156. The second-order valence-electron chi connectivity index (χ2n) is 8.57. The molecule has 0 saturated carbocycles. The molecule has 0 bridgehead atoms. The van der Waals surface area contributed by atoms with Gasteiger partial charge in [0.1, 0.15) is 6.04 Å². The van der Waals surface area contributed by atoms with Crippen molar-refractivity contribution in [3.05, 3.63) is 81.9 Å². The Morgan fingerprint density at radius 3 is 2.41 bits per heavy atom. The molecule has 0 N–H and O–H groups in total. The highest BCUT2D eigenvalue weighted by Crippen LogP contribution is 2.40. The molecule has 2 aromatic carbocycles. The summed E-state index contributed by atoms with van der Waals surface area (Å²) in [6.07, 6.45) is 4.38. The van der Waals surface area contributed by atoms with E-state index in [4.69, 9.17) is 23.2 Å². The normalized spacial score (nSPS) is 22.5. The monoisotopic (exact) mass is 498 g/mol. The number of hydrogen-bond acceptors (Lipinski definition) is 4. The zero-order valence-electron chi connectivity index (χ0n) is 18.8. The van der Waals surface area contributed by atoms with E-state index in [0.717, 1.165) is 10.0 Å². The van der Waals surface area contributed by atoms with E-state index in [1.54, 1.807) is 37.3 Å². The average molecular weight is 499 g/mol. The number of carbonyl (C=O) groups is 4. The number of nitrogens with zero attached hydrogens (tertiary/aromatic N) is 2. The highest BCUT2D eigenvalue weighted by Gasteiger charge is 2.54. The van der Waals surface area contributed by atoms with E-state index >= 15 is 0 Å². The molecule has 2 aliphatic rings. The number of hydrazine groups is 1. The predicted octanol–water partition coefficient (Wildman–Crippen LogP) is 5.21. The van der Waals surface area contributed by atoms with Crippen LogP contribution in [0.15, 0.2) is 60.7 Å². The number of carbonyl (C=O) groups excluding carboxylic acids is 4. The first-order chi connectivity index (χ1) is 16.3. The first kappa shape index (κ1) is 24.2. The third-order valence-electron chi connectivity index (χ3n) is 6.48. The van der Waals surface area contributed by atoms with Gasteiger partial charge in [0.15, 0.2) is 5.78 Å². The third-order valence-corrected chi connectivity index (χ3v) is 7.03. The molecule has 0 spiro atoms. The number of allylic oxidation sites excluding steroid dienone is 2. The molecule has 0 unspecified atom stereocenters. The van der Waals surface area contributed by atoms with Gasteiger partial charge in [0.25, 0.3) is 17.7 Å². The summed E-state index contributed by atoms with van der Waals surface area (Å²) in [6.45, 7) is 3.61. The van der Waals surface area contributed by atoms with Crippen molar-refractivity contribution in [3.8, 4) is 0 Å². The van der Waals surface area contributed by atoms with Gasteiger partial charge in [0.05, 0.1) is 22.4 Å². The van der Waals surface area contributed by atoms with Gasteiger partial charge in [-0.15, -0.1) is 0 Å². The van der Waals surface area contributed by atoms with Crippen molar-refractivity contribution >= 4 is 46.7 Å². The van der Waals surface area contributed by atoms with Crippen molar-refractivity contribution in [2.45, 2.75) is 32.7 Å². The number of imide groups is 1. The molecule has 6 nitrogen and oxygen atoms in total. The maximum Gasteiger partial charge on any atom is 0.275 e. The second kappa shape index (κ2) is 9.72. The van der Waals surface area contributed by atoms with E-state index in [2.05, 4.69) is 0 Å². The van der Waals surface area contributed by atoms with Crippen LogP contribution in [0.1, 0.15) is 47.4 Å². The van der Waals surface area contributed by atoms with Gasteiger partial charge in [0.2, 0.25) is 0 Å². The van der Waals surface area contributed by atoms with Crippen LogP contribution in [-0.2, 0) is 9.59 Å². The summed E-state index contributed by atoms with van der Waals surface area (Å²) in [5, 5.41) is 2.30. The van der Waals surface area contributed by atoms with Gasteiger partial charge in [-0.3, -0.25) is 19.2 Å². The first-order valence-electron chi connectivity index (χ1n) is 11.2. The van der Waals surface area contributed by atoms with Gasteiger partial charge in [0, 0.05) is 10.6 Å². The van der Waals surface area contributed by atoms with Crippen LogP contribution < -0.4 is 0 Å². The standard InChI is InChI=1S/C26H24Cl2N2O4/c1-3-21(23(31)16-9-5-4-6-10-16)29(24(32)18-13-12-17(27)14-20(18)28)30-25(33)19-11-7-8-15(2)22(19)26(30)34/h4-10,12-15,19,21-22H,3,11H2,1-2H3/t15-,19+,21+,22+/m0/s1. The van der Waals surface area contributed by atoms with Crippen molar-refractivity contribution in [3.63, 3.8) is 0 Å². The van der Waals surface area contributed by atoms with Crippen LogP contribution in [0.5, 0.6) is 0 Å². The van der Waals surface area contributed by atoms with Crippen LogP contribution in [0.2, 0.25) is 10.0 Å². The van der Waals surface area contributed by atoms with Gasteiger partial charge in [-0.25, -0.2) is 5.01 Å². The molecule has 0 aromatic heterocycles. The van der Waals surface area contributed by atoms with E-state index in [1.807, 2.05) is 19.1 Å². The zero-order valence-corrected chi connectivity index (χ0v) is 20.3. The van der Waals surface area contributed by atoms with Crippen LogP contribution >= 0.6 is 23.2 Å². The Kier molecular flexibility index (Phi) is 6.91. The van der Waals surface area contributed by atoms with Crippen LogP contribution in [0.3, 0.4) is 0 Å². The lowest BCUT2D eigenvalue weighted by Gasteiger charge is -2.36. The van der Waals surface area contributed by atoms with Crippen molar-refractivity contribution in [1.29, 1.82) is 0 Å². The van der Waals surface area contributed by atoms with Gasteiger partial charge in [-0.1, -0.05) is 79.5 Å². The van der Waals surface area contributed by atoms with Crippen LogP contribution in [-0.4, -0.2) is 39.6 Å². The molecule has 34 heavy (non-hydrogen) atoms. The van der Waals surface area contributed by atoms with E-state index in [0.29, 0.717) is 17.0 Å². The molecule has 1 saturated heterocycles. The molecule has 1 heterocycles. The fourth-order valence-electron chi connectivity index (χ4n) is 4.77. The maximum absolute atomic E-state index is 13.9. The molecular weight excluding hydrogens is 475 g/mol. The number of fused-ring (bicyclic) bond motifs is 1. The first-order valence-corrected chi connectivity index (χ1v) is 11.9. The molecule has 0 radical (unpaired) electrons. The molecule has 1 aliphatic carbocycles. The van der Waals surface area contributed by atoms with Gasteiger partial charge in [-0.05, 0) is 37.0 Å². The summed E-state index contributed by atoms with van der Waals surface area (Å²) < 4.78 is 0. The molecule has 3 amide bonds. The van der Waals surface area contributed by atoms with Crippen LogP contribution in [0.25, 0.3) is 0 Å². The smallest absolute Gasteiger partial charge is 0.275 e. The van der Waals surface area contributed by atoms with Crippen molar-refractivity contribution in [1.82, 2.24) is 10.0 Å². The Bertz CT molecular complexity index is 1180. The number of Topliss-reactive ketones (excluding diaryl/α,β-unsaturated/α-hetero) is 1. The van der Waals surface area contributed by atoms with Crippen molar-refractivity contribution in [2.75, 3.05) is 0 Å². The number of hydrogen-bond donors (Lipinski definition) is 0. The fraction of sp³-hybridized carbons (Fsp3) is 0.308. The number of amides is 3. The molecule has 1 aliphatic heterocycles. The summed E-state index contributed by atoms with van der Waals surface area (Å²) in [7, 11) is 0. The summed E-state index contributed by atoms with van der Waals surface area (Å²) in [4.78, 5) is 54.5. The molecule has 2 aromatic rings. The van der Waals surface area contributed by atoms with Crippen LogP contribution in [0.4, 0.5) is 0 Å². The third kappa shape index (κ3) is 4.17. The van der Waals surface area contributed by atoms with E-state index in [9.17, 15) is 19.2 Å². The SMILES string of the molecule is CC[C@H](C(=O)c1ccccc1)N(C(=O)c1ccc(Cl)cc1Cl)N1C(=O)[C@@H]2[C@@H](C)C=CC[C@H]2C1=O. The van der Waals surface area contributed by atoms with Crippen molar-refractivity contribution in [2.24, 2.45) is 17.8 Å². The van der Waals surface area contributed by atoms with E-state index < -0.39 is 35.6 Å². The highest BCUT2D eigenvalue weighted by molar-refractivity contribution is 6.36. The van der Waals surface area contributed by atoms with Gasteiger partial charge < -0.3 is 0 Å². The van der Waals surface area contributed by atoms with Gasteiger partial charge in [-0.2, -0.15) is 5.01 Å². The Balaban J connectivity index is 1.83. The highest BCUT2D eigenvalue weighted by atomic mass is 35.5. The fourth-order valence-corrected chi connectivity index (χ4v) is 5.25. The average Bonchev–Trinajstić information content (AvgIpc) is 3.08. The largest absolute Gasteiger partial charge is 0.292 e. The Morgan fingerprint density at radius 1 is 1.09 bits per heavy atom. The lowest BCUT2D eigenvalue weighted by Crippen LogP contribution is -2.57. The minimum absolute atomic E-state index is 0.0482. The topological polar surface area (TPSA) is 74.8 Å². The predicted molar refractivity (Wildman–Crippen MR) is 129 cm³/mol. The summed E-state index contributed by atoms with van der Waals surface area (Å²) in [5.41, 5.74) is 0.424. The maximum atomic E-state index is 13.9. The zero-order chi connectivity index (χ0) is 24.6. The number of rotatable bonds is 6. The quantitative estimate of drug-likeness (QED) is 0.311. The molecule has 4 rings (SSSR count). The molecular formula is C26H24Cl2N2O4. The molecule has 4 atom stereocenters. The minimum Gasteiger partial charge on any atom is -0.292 e. The Labute approximate surface area is 208 Å².